The largest absolute Gasteiger partial charge is 0.485 e. The first kappa shape index (κ1) is 17.2. The molecular formula is C19H17ClN2O3S. The first-order chi connectivity index (χ1) is 12.6. The van der Waals surface area contributed by atoms with Crippen molar-refractivity contribution in [3.8, 4) is 11.5 Å². The molecule has 2 aliphatic heterocycles. The number of thioether (sulfide) groups is 1. The Kier molecular flexibility index (Phi) is 4.78. The summed E-state index contributed by atoms with van der Waals surface area (Å²) in [6, 6.07) is 14.6. The van der Waals surface area contributed by atoms with Crippen molar-refractivity contribution in [1.82, 2.24) is 4.90 Å². The lowest BCUT2D eigenvalue weighted by Gasteiger charge is -2.28. The fourth-order valence-electron chi connectivity index (χ4n) is 2.83. The van der Waals surface area contributed by atoms with Gasteiger partial charge in [-0.15, -0.1) is 0 Å². The van der Waals surface area contributed by atoms with Crippen molar-refractivity contribution in [2.45, 2.75) is 18.3 Å². The number of aliphatic imine (C=N–C) groups is 1. The third-order valence-electron chi connectivity index (χ3n) is 4.08. The molecule has 0 saturated carbocycles. The molecule has 4 rings (SSSR count). The lowest BCUT2D eigenvalue weighted by molar-refractivity contribution is -0.136. The average molecular weight is 389 g/mol. The summed E-state index contributed by atoms with van der Waals surface area (Å²) in [5.74, 6) is 1.12. The Balaban J connectivity index is 1.55. The number of carbonyl (C=O) groups is 1. The lowest BCUT2D eigenvalue weighted by Crippen LogP contribution is -2.47. The zero-order chi connectivity index (χ0) is 18.1. The lowest BCUT2D eigenvalue weighted by atomic mass is 10.2. The number of amides is 1. The van der Waals surface area contributed by atoms with Crippen molar-refractivity contribution >= 4 is 40.1 Å². The molecule has 2 aromatic carbocycles. The first-order valence-electron chi connectivity index (χ1n) is 8.31. The molecule has 1 saturated heterocycles. The van der Waals surface area contributed by atoms with Gasteiger partial charge in [-0.25, -0.2) is 4.99 Å². The molecule has 0 aromatic heterocycles. The summed E-state index contributed by atoms with van der Waals surface area (Å²) in [6.45, 7) is 2.86. The van der Waals surface area contributed by atoms with E-state index in [-0.39, 0.29) is 17.8 Å². The second-order valence-corrected chi connectivity index (χ2v) is 7.95. The second kappa shape index (κ2) is 7.21. The van der Waals surface area contributed by atoms with Gasteiger partial charge in [0.25, 0.3) is 5.91 Å². The zero-order valence-corrected chi connectivity index (χ0v) is 15.7. The summed E-state index contributed by atoms with van der Waals surface area (Å²) in [6.07, 6.45) is -0.675. The van der Waals surface area contributed by atoms with E-state index in [1.807, 2.05) is 30.3 Å². The van der Waals surface area contributed by atoms with E-state index in [4.69, 9.17) is 21.1 Å². The monoisotopic (exact) mass is 388 g/mol. The highest BCUT2D eigenvalue weighted by Crippen LogP contribution is 2.33. The summed E-state index contributed by atoms with van der Waals surface area (Å²) in [4.78, 5) is 19.3. The minimum absolute atomic E-state index is 0.135. The third kappa shape index (κ3) is 3.52. The van der Waals surface area contributed by atoms with Crippen molar-refractivity contribution in [2.75, 3.05) is 13.2 Å². The van der Waals surface area contributed by atoms with Gasteiger partial charge in [0, 0.05) is 16.8 Å². The van der Waals surface area contributed by atoms with Crippen molar-refractivity contribution in [3.63, 3.8) is 0 Å². The Bertz CT molecular complexity index is 856. The number of amidine groups is 1. The van der Waals surface area contributed by atoms with Crippen LogP contribution in [0.3, 0.4) is 0 Å². The summed E-state index contributed by atoms with van der Waals surface area (Å²) in [5.41, 5.74) is 0.759. The molecule has 1 fully saturated rings. The average Bonchev–Trinajstić information content (AvgIpc) is 3.02. The normalized spacial score (nSPS) is 23.3. The zero-order valence-electron chi connectivity index (χ0n) is 14.1. The molecule has 26 heavy (non-hydrogen) atoms. The van der Waals surface area contributed by atoms with Crippen LogP contribution in [-0.2, 0) is 4.79 Å². The van der Waals surface area contributed by atoms with Crippen LogP contribution >= 0.6 is 23.4 Å². The number of rotatable bonds is 2. The smallest absolute Gasteiger partial charge is 0.273 e. The molecule has 2 heterocycles. The van der Waals surface area contributed by atoms with Gasteiger partial charge in [-0.2, -0.15) is 0 Å². The molecule has 2 atom stereocenters. The molecule has 2 aliphatic rings. The van der Waals surface area contributed by atoms with Crippen molar-refractivity contribution in [3.05, 3.63) is 53.6 Å². The van der Waals surface area contributed by atoms with Crippen LogP contribution in [0.5, 0.6) is 11.5 Å². The number of nitrogens with zero attached hydrogens (tertiary/aromatic N) is 2. The Labute approximate surface area is 161 Å². The summed E-state index contributed by atoms with van der Waals surface area (Å²) in [7, 11) is 0. The van der Waals surface area contributed by atoms with Crippen LogP contribution in [-0.4, -0.2) is 40.5 Å². The van der Waals surface area contributed by atoms with Gasteiger partial charge in [0.2, 0.25) is 6.10 Å². The van der Waals surface area contributed by atoms with Gasteiger partial charge in [0.15, 0.2) is 16.7 Å². The third-order valence-corrected chi connectivity index (χ3v) is 5.40. The van der Waals surface area contributed by atoms with E-state index in [9.17, 15) is 4.79 Å². The van der Waals surface area contributed by atoms with Gasteiger partial charge >= 0.3 is 0 Å². The van der Waals surface area contributed by atoms with Gasteiger partial charge < -0.3 is 9.47 Å². The maximum absolute atomic E-state index is 13.0. The standard InChI is InChI=1S/C19H17ClN2O3S/c1-12-10-22(19(26-12)21-14-8-6-13(20)7-9-14)18(23)17-11-24-15-4-2-3-5-16(15)25-17/h2-9,12,17H,10-11H2,1H3/t12-,17+/m0/s1. The number of fused-ring (bicyclic) bond motifs is 1. The van der Waals surface area contributed by atoms with Crippen LogP contribution < -0.4 is 9.47 Å². The van der Waals surface area contributed by atoms with Gasteiger partial charge in [0.05, 0.1) is 5.69 Å². The Morgan fingerprint density at radius 3 is 2.69 bits per heavy atom. The molecule has 0 N–H and O–H groups in total. The van der Waals surface area contributed by atoms with Gasteiger partial charge in [-0.3, -0.25) is 9.69 Å². The summed E-state index contributed by atoms with van der Waals surface area (Å²) >= 11 is 7.50. The first-order valence-corrected chi connectivity index (χ1v) is 9.57. The number of halogens is 1. The highest BCUT2D eigenvalue weighted by Gasteiger charge is 2.37. The highest BCUT2D eigenvalue weighted by molar-refractivity contribution is 8.14. The number of carbonyl (C=O) groups excluding carboxylic acids is 1. The maximum Gasteiger partial charge on any atom is 0.273 e. The molecule has 0 spiro atoms. The van der Waals surface area contributed by atoms with Crippen molar-refractivity contribution in [2.24, 2.45) is 4.99 Å². The van der Waals surface area contributed by atoms with E-state index in [0.29, 0.717) is 28.2 Å². The predicted octanol–water partition coefficient (Wildman–Crippen LogP) is 4.13. The molecule has 2 aromatic rings. The van der Waals surface area contributed by atoms with E-state index in [2.05, 4.69) is 11.9 Å². The van der Waals surface area contributed by atoms with E-state index >= 15 is 0 Å². The summed E-state index contributed by atoms with van der Waals surface area (Å²) < 4.78 is 11.5. The van der Waals surface area contributed by atoms with Crippen molar-refractivity contribution < 1.29 is 14.3 Å². The molecular weight excluding hydrogens is 372 g/mol. The quantitative estimate of drug-likeness (QED) is 0.776. The van der Waals surface area contributed by atoms with Crippen LogP contribution in [0.2, 0.25) is 5.02 Å². The highest BCUT2D eigenvalue weighted by atomic mass is 35.5. The molecule has 0 bridgehead atoms. The molecule has 134 valence electrons. The molecule has 0 unspecified atom stereocenters. The van der Waals surface area contributed by atoms with Gasteiger partial charge in [-0.1, -0.05) is 42.4 Å². The van der Waals surface area contributed by atoms with E-state index in [1.165, 1.54) is 0 Å². The number of benzene rings is 2. The number of ether oxygens (including phenoxy) is 2. The van der Waals surface area contributed by atoms with Gasteiger partial charge in [0.1, 0.15) is 6.61 Å². The Morgan fingerprint density at radius 2 is 1.92 bits per heavy atom. The summed E-state index contributed by atoms with van der Waals surface area (Å²) in [5, 5.41) is 1.59. The van der Waals surface area contributed by atoms with Crippen LogP contribution in [0.15, 0.2) is 53.5 Å². The Morgan fingerprint density at radius 1 is 1.19 bits per heavy atom. The second-order valence-electron chi connectivity index (χ2n) is 6.11. The molecule has 5 nitrogen and oxygen atoms in total. The van der Waals surface area contributed by atoms with E-state index < -0.39 is 6.10 Å². The van der Waals surface area contributed by atoms with Crippen LogP contribution in [0.1, 0.15) is 6.92 Å². The predicted molar refractivity (Wildman–Crippen MR) is 104 cm³/mol. The Hall–Kier alpha value is -2.18. The van der Waals surface area contributed by atoms with Crippen LogP contribution in [0.25, 0.3) is 0 Å². The molecule has 0 aliphatic carbocycles. The van der Waals surface area contributed by atoms with Crippen LogP contribution in [0, 0.1) is 0 Å². The molecule has 0 radical (unpaired) electrons. The number of hydrogen-bond donors (Lipinski definition) is 0. The fourth-order valence-corrected chi connectivity index (χ4v) is 3.99. The number of para-hydroxylation sites is 2. The topological polar surface area (TPSA) is 51.1 Å². The van der Waals surface area contributed by atoms with Crippen LogP contribution in [0.4, 0.5) is 5.69 Å². The SMILES string of the molecule is C[C@H]1CN(C(=O)[C@H]2COc3ccccc3O2)C(=Nc2ccc(Cl)cc2)S1. The fraction of sp³-hybridized carbons (Fsp3) is 0.263. The van der Waals surface area contributed by atoms with E-state index in [0.717, 1.165) is 5.69 Å². The minimum atomic E-state index is -0.675. The van der Waals surface area contributed by atoms with Gasteiger partial charge in [-0.05, 0) is 36.4 Å². The maximum atomic E-state index is 13.0. The molecule has 1 amide bonds. The van der Waals surface area contributed by atoms with E-state index in [1.54, 1.807) is 34.9 Å². The number of hydrogen-bond acceptors (Lipinski definition) is 5. The molecule has 7 heteroatoms. The minimum Gasteiger partial charge on any atom is -0.485 e. The van der Waals surface area contributed by atoms with Crippen molar-refractivity contribution in [1.29, 1.82) is 0 Å².